The Morgan fingerprint density at radius 2 is 2.22 bits per heavy atom. The highest BCUT2D eigenvalue weighted by Crippen LogP contribution is 2.21. The highest BCUT2D eigenvalue weighted by atomic mass is 35.5. The van der Waals surface area contributed by atoms with Gasteiger partial charge in [0.2, 0.25) is 0 Å². The minimum absolute atomic E-state index is 0.0537. The molecule has 1 unspecified atom stereocenters. The minimum atomic E-state index is 0.0537. The van der Waals surface area contributed by atoms with Gasteiger partial charge in [-0.15, -0.1) is 0 Å². The van der Waals surface area contributed by atoms with E-state index in [1.807, 2.05) is 25.6 Å². The Morgan fingerprint density at radius 3 is 2.61 bits per heavy atom. The van der Waals surface area contributed by atoms with Gasteiger partial charge < -0.3 is 5.73 Å². The molecule has 0 bridgehead atoms. The van der Waals surface area contributed by atoms with Gasteiger partial charge in [0.05, 0.1) is 22.2 Å². The first-order valence-electron chi connectivity index (χ1n) is 6.11. The summed E-state index contributed by atoms with van der Waals surface area (Å²) in [6.45, 7) is 8.32. The lowest BCUT2D eigenvalue weighted by Crippen LogP contribution is -2.34. The average molecular weight is 272 g/mol. The summed E-state index contributed by atoms with van der Waals surface area (Å²) in [4.78, 5) is 2.22. The molecule has 1 rings (SSSR count). The Morgan fingerprint density at radius 1 is 1.61 bits per heavy atom. The zero-order chi connectivity index (χ0) is 13.9. The Kier molecular flexibility index (Phi) is 5.16. The van der Waals surface area contributed by atoms with Crippen molar-refractivity contribution < 1.29 is 0 Å². The molecule has 1 aromatic heterocycles. The molecule has 0 aromatic carbocycles. The van der Waals surface area contributed by atoms with Gasteiger partial charge in [0, 0.05) is 26.1 Å². The molecule has 18 heavy (non-hydrogen) atoms. The smallest absolute Gasteiger partial charge is 0.0947 e. The molecular formula is C12H22ClN5. The van der Waals surface area contributed by atoms with E-state index in [0.29, 0.717) is 0 Å². The fourth-order valence-electron chi connectivity index (χ4n) is 1.85. The highest BCUT2D eigenvalue weighted by Gasteiger charge is 2.16. The van der Waals surface area contributed by atoms with E-state index in [1.165, 1.54) is 0 Å². The molecule has 5 nitrogen and oxygen atoms in total. The Hall–Kier alpha value is -1.07. The molecule has 0 spiro atoms. The number of nitrogens with zero attached hydrogens (tertiary/aromatic N) is 3. The van der Waals surface area contributed by atoms with E-state index in [9.17, 15) is 0 Å². The lowest BCUT2D eigenvalue weighted by molar-refractivity contribution is 0.256. The van der Waals surface area contributed by atoms with Gasteiger partial charge in [0.1, 0.15) is 0 Å². The van der Waals surface area contributed by atoms with Crippen LogP contribution in [0.3, 0.4) is 0 Å². The second-order valence-corrected chi connectivity index (χ2v) is 5.03. The number of aryl methyl sites for hydroxylation is 2. The molecule has 0 aliphatic heterocycles. The van der Waals surface area contributed by atoms with E-state index < -0.39 is 0 Å². The van der Waals surface area contributed by atoms with E-state index in [0.717, 1.165) is 36.0 Å². The van der Waals surface area contributed by atoms with Crippen LogP contribution >= 0.6 is 11.6 Å². The van der Waals surface area contributed by atoms with Crippen molar-refractivity contribution in [1.82, 2.24) is 14.7 Å². The average Bonchev–Trinajstić information content (AvgIpc) is 2.54. The fraction of sp³-hybridized carbons (Fsp3) is 0.667. The van der Waals surface area contributed by atoms with Gasteiger partial charge in [0.15, 0.2) is 0 Å². The maximum atomic E-state index is 7.44. The number of nitrogens with one attached hydrogen (secondary N) is 1. The summed E-state index contributed by atoms with van der Waals surface area (Å²) in [7, 11) is 1.90. The topological polar surface area (TPSA) is 70.9 Å². The van der Waals surface area contributed by atoms with Crippen LogP contribution in [-0.2, 0) is 13.6 Å². The van der Waals surface area contributed by atoms with Crippen molar-refractivity contribution in [3.05, 3.63) is 16.4 Å². The van der Waals surface area contributed by atoms with Crippen LogP contribution in [0.5, 0.6) is 0 Å². The molecule has 102 valence electrons. The van der Waals surface area contributed by atoms with Crippen molar-refractivity contribution in [3.8, 4) is 0 Å². The molecule has 0 fully saturated rings. The van der Waals surface area contributed by atoms with E-state index in [-0.39, 0.29) is 11.8 Å². The number of nitrogens with two attached hydrogens (primary N) is 1. The van der Waals surface area contributed by atoms with Crippen LogP contribution in [0.1, 0.15) is 25.2 Å². The van der Waals surface area contributed by atoms with Crippen molar-refractivity contribution >= 4 is 17.4 Å². The largest absolute Gasteiger partial charge is 0.387 e. The van der Waals surface area contributed by atoms with E-state index in [1.54, 1.807) is 0 Å². The van der Waals surface area contributed by atoms with Crippen LogP contribution in [-0.4, -0.2) is 33.6 Å². The van der Waals surface area contributed by atoms with Gasteiger partial charge in [-0.25, -0.2) is 0 Å². The molecule has 1 heterocycles. The molecule has 0 aliphatic rings. The molecule has 6 heteroatoms. The molecule has 0 radical (unpaired) electrons. The third-order valence-corrected chi connectivity index (χ3v) is 3.64. The van der Waals surface area contributed by atoms with Crippen LogP contribution in [0.2, 0.25) is 5.02 Å². The van der Waals surface area contributed by atoms with Crippen molar-refractivity contribution in [2.45, 2.75) is 27.3 Å². The number of halogens is 1. The van der Waals surface area contributed by atoms with Crippen molar-refractivity contribution in [3.63, 3.8) is 0 Å². The van der Waals surface area contributed by atoms with Crippen LogP contribution in [0.4, 0.5) is 0 Å². The molecular weight excluding hydrogens is 250 g/mol. The maximum absolute atomic E-state index is 7.44. The Balaban J connectivity index is 2.77. The van der Waals surface area contributed by atoms with Gasteiger partial charge in [-0.1, -0.05) is 25.4 Å². The Bertz CT molecular complexity index is 426. The molecule has 1 atom stereocenters. The highest BCUT2D eigenvalue weighted by molar-refractivity contribution is 6.31. The number of rotatable bonds is 6. The summed E-state index contributed by atoms with van der Waals surface area (Å²) in [6, 6.07) is 0. The summed E-state index contributed by atoms with van der Waals surface area (Å²) in [5, 5.41) is 12.5. The number of hydrogen-bond acceptors (Lipinski definition) is 3. The van der Waals surface area contributed by atoms with Crippen molar-refractivity contribution in [2.75, 3.05) is 13.1 Å². The third kappa shape index (κ3) is 3.46. The number of amidine groups is 1. The van der Waals surface area contributed by atoms with Crippen LogP contribution in [0.15, 0.2) is 0 Å². The lowest BCUT2D eigenvalue weighted by Gasteiger charge is -2.23. The number of hydrogen-bond donors (Lipinski definition) is 2. The van der Waals surface area contributed by atoms with Crippen molar-refractivity contribution in [1.29, 1.82) is 5.41 Å². The first kappa shape index (κ1) is 15.0. The zero-order valence-electron chi connectivity index (χ0n) is 11.5. The van der Waals surface area contributed by atoms with Gasteiger partial charge in [-0.3, -0.25) is 15.0 Å². The quantitative estimate of drug-likeness (QED) is 0.612. The summed E-state index contributed by atoms with van der Waals surface area (Å²) in [6.07, 6.45) is 0. The summed E-state index contributed by atoms with van der Waals surface area (Å²) in [5.74, 6) is 0.277. The van der Waals surface area contributed by atoms with E-state index in [4.69, 9.17) is 22.7 Å². The summed E-state index contributed by atoms with van der Waals surface area (Å²) in [5.41, 5.74) is 7.37. The van der Waals surface area contributed by atoms with Gasteiger partial charge in [-0.2, -0.15) is 5.10 Å². The SMILES string of the molecule is CCN(Cc1c(Cl)c(C)nn1C)CC(C)C(=N)N. The summed E-state index contributed by atoms with van der Waals surface area (Å²) >= 11 is 6.24. The van der Waals surface area contributed by atoms with E-state index in [2.05, 4.69) is 16.9 Å². The van der Waals surface area contributed by atoms with E-state index >= 15 is 0 Å². The predicted octanol–water partition coefficient (Wildman–Crippen LogP) is 1.78. The predicted molar refractivity (Wildman–Crippen MR) is 75.0 cm³/mol. The normalized spacial score (nSPS) is 13.0. The zero-order valence-corrected chi connectivity index (χ0v) is 12.3. The van der Waals surface area contributed by atoms with Gasteiger partial charge >= 0.3 is 0 Å². The fourth-order valence-corrected chi connectivity index (χ4v) is 2.07. The molecule has 3 N–H and O–H groups in total. The number of aromatic nitrogens is 2. The molecule has 0 saturated heterocycles. The van der Waals surface area contributed by atoms with Crippen LogP contribution in [0.25, 0.3) is 0 Å². The second-order valence-electron chi connectivity index (χ2n) is 4.65. The minimum Gasteiger partial charge on any atom is -0.387 e. The standard InChI is InChI=1S/C12H22ClN5/c1-5-18(6-8(2)12(14)15)7-10-11(13)9(3)16-17(10)4/h8H,5-7H2,1-4H3,(H3,14,15). The molecule has 0 saturated carbocycles. The monoisotopic (exact) mass is 271 g/mol. The first-order valence-corrected chi connectivity index (χ1v) is 6.48. The van der Waals surface area contributed by atoms with Crippen LogP contribution < -0.4 is 5.73 Å². The molecule has 1 aromatic rings. The van der Waals surface area contributed by atoms with Crippen molar-refractivity contribution in [2.24, 2.45) is 18.7 Å². The first-order chi connectivity index (χ1) is 8.36. The third-order valence-electron chi connectivity index (χ3n) is 3.15. The van der Waals surface area contributed by atoms with Gasteiger partial charge in [0.25, 0.3) is 0 Å². The van der Waals surface area contributed by atoms with Gasteiger partial charge in [-0.05, 0) is 13.5 Å². The maximum Gasteiger partial charge on any atom is 0.0947 e. The summed E-state index contributed by atoms with van der Waals surface area (Å²) < 4.78 is 1.82. The lowest BCUT2D eigenvalue weighted by atomic mass is 10.1. The van der Waals surface area contributed by atoms with Crippen LogP contribution in [0, 0.1) is 18.3 Å². The Labute approximate surface area is 113 Å². The molecule has 0 aliphatic carbocycles. The second kappa shape index (κ2) is 6.20. The molecule has 0 amide bonds.